The number of hydrogen-bond donors (Lipinski definition) is 0. The van der Waals surface area contributed by atoms with Gasteiger partial charge < -0.3 is 4.74 Å². The van der Waals surface area contributed by atoms with Gasteiger partial charge in [-0.2, -0.15) is 0 Å². The van der Waals surface area contributed by atoms with Gasteiger partial charge in [-0.1, -0.05) is 51.1 Å². The molecule has 2 nitrogen and oxygen atoms in total. The second-order valence-electron chi connectivity index (χ2n) is 5.00. The molecule has 0 bridgehead atoms. The summed E-state index contributed by atoms with van der Waals surface area (Å²) in [6.07, 6.45) is -0.245. The van der Waals surface area contributed by atoms with Crippen molar-refractivity contribution in [1.82, 2.24) is 0 Å². The highest BCUT2D eigenvalue weighted by molar-refractivity contribution is 5.90. The van der Waals surface area contributed by atoms with Crippen molar-refractivity contribution in [2.24, 2.45) is 5.41 Å². The lowest BCUT2D eigenvalue weighted by Crippen LogP contribution is -2.25. The van der Waals surface area contributed by atoms with Crippen LogP contribution in [-0.2, 0) is 9.53 Å². The van der Waals surface area contributed by atoms with Gasteiger partial charge in [0.1, 0.15) is 12.2 Å². The van der Waals surface area contributed by atoms with E-state index in [1.54, 1.807) is 0 Å². The second-order valence-corrected chi connectivity index (χ2v) is 5.00. The van der Waals surface area contributed by atoms with Crippen molar-refractivity contribution in [3.05, 3.63) is 35.9 Å². The third-order valence-corrected chi connectivity index (χ3v) is 2.62. The van der Waals surface area contributed by atoms with Crippen molar-refractivity contribution < 1.29 is 9.53 Å². The van der Waals surface area contributed by atoms with Gasteiger partial charge in [0.25, 0.3) is 0 Å². The van der Waals surface area contributed by atoms with Gasteiger partial charge in [0, 0.05) is 5.41 Å². The Morgan fingerprint density at radius 3 is 2.33 bits per heavy atom. The summed E-state index contributed by atoms with van der Waals surface area (Å²) < 4.78 is 5.44. The first-order chi connectivity index (χ1) is 7.00. The van der Waals surface area contributed by atoms with Gasteiger partial charge in [0.2, 0.25) is 0 Å². The molecule has 0 N–H and O–H groups in total. The van der Waals surface area contributed by atoms with Gasteiger partial charge >= 0.3 is 0 Å². The Morgan fingerprint density at radius 1 is 1.20 bits per heavy atom. The van der Waals surface area contributed by atoms with E-state index in [2.05, 4.69) is 0 Å². The maximum Gasteiger partial charge on any atom is 0.169 e. The van der Waals surface area contributed by atoms with Crippen LogP contribution in [-0.4, -0.2) is 11.9 Å². The van der Waals surface area contributed by atoms with E-state index >= 15 is 0 Å². The van der Waals surface area contributed by atoms with E-state index in [1.807, 2.05) is 51.1 Å². The summed E-state index contributed by atoms with van der Waals surface area (Å²) in [5.41, 5.74) is 0.786. The van der Waals surface area contributed by atoms with Crippen LogP contribution in [0.5, 0.6) is 0 Å². The van der Waals surface area contributed by atoms with Crippen LogP contribution in [0.25, 0.3) is 0 Å². The van der Waals surface area contributed by atoms with Crippen LogP contribution in [0.2, 0.25) is 0 Å². The molecule has 1 heterocycles. The van der Waals surface area contributed by atoms with E-state index < -0.39 is 0 Å². The van der Waals surface area contributed by atoms with Crippen LogP contribution in [0.1, 0.15) is 32.4 Å². The number of hydrogen-bond acceptors (Lipinski definition) is 2. The van der Waals surface area contributed by atoms with Crippen molar-refractivity contribution in [3.8, 4) is 0 Å². The molecule has 1 aromatic carbocycles. The predicted octanol–water partition coefficient (Wildman–Crippen LogP) is 2.74. The number of ether oxygens (including phenoxy) is 1. The Labute approximate surface area is 90.3 Å². The summed E-state index contributed by atoms with van der Waals surface area (Å²) in [5, 5.41) is 0. The van der Waals surface area contributed by atoms with E-state index in [1.165, 1.54) is 0 Å². The maximum absolute atomic E-state index is 11.9. The maximum atomic E-state index is 11.9. The SMILES string of the molecule is CC(C)(C)C(=O)[C@H]1O[C@@H]1c1ccccc1. The lowest BCUT2D eigenvalue weighted by molar-refractivity contribution is -0.127. The third kappa shape index (κ3) is 2.10. The largest absolute Gasteiger partial charge is 0.356 e. The molecule has 0 unspecified atom stereocenters. The third-order valence-electron chi connectivity index (χ3n) is 2.62. The molecule has 1 aromatic rings. The van der Waals surface area contributed by atoms with Crippen molar-refractivity contribution in [3.63, 3.8) is 0 Å². The lowest BCUT2D eigenvalue weighted by atomic mass is 9.87. The number of Topliss-reactive ketones (excluding diaryl/α,β-unsaturated/α-hetero) is 1. The number of carbonyl (C=O) groups excluding carboxylic acids is 1. The first-order valence-corrected chi connectivity index (χ1v) is 5.25. The molecule has 1 saturated heterocycles. The van der Waals surface area contributed by atoms with Gasteiger partial charge in [0.05, 0.1) is 0 Å². The summed E-state index contributed by atoms with van der Waals surface area (Å²) in [6, 6.07) is 9.90. The Morgan fingerprint density at radius 2 is 1.80 bits per heavy atom. The fourth-order valence-electron chi connectivity index (χ4n) is 1.63. The minimum absolute atomic E-state index is 0.0158. The van der Waals surface area contributed by atoms with Crippen LogP contribution in [0.4, 0.5) is 0 Å². The Balaban J connectivity index is 2.06. The minimum atomic E-state index is -0.311. The average Bonchev–Trinajstić information content (AvgIpc) is 2.96. The van der Waals surface area contributed by atoms with Crippen LogP contribution in [0.3, 0.4) is 0 Å². The van der Waals surface area contributed by atoms with Gasteiger partial charge in [-0.3, -0.25) is 4.79 Å². The zero-order valence-corrected chi connectivity index (χ0v) is 9.36. The fourth-order valence-corrected chi connectivity index (χ4v) is 1.63. The highest BCUT2D eigenvalue weighted by atomic mass is 16.6. The summed E-state index contributed by atoms with van der Waals surface area (Å²) in [7, 11) is 0. The van der Waals surface area contributed by atoms with E-state index in [9.17, 15) is 4.79 Å². The minimum Gasteiger partial charge on any atom is -0.356 e. The zero-order chi connectivity index (χ0) is 11.1. The van der Waals surface area contributed by atoms with Crippen molar-refractivity contribution in [2.75, 3.05) is 0 Å². The van der Waals surface area contributed by atoms with Crippen LogP contribution >= 0.6 is 0 Å². The standard InChI is InChI=1S/C13H16O2/c1-13(2,3)12(14)11-10(15-11)9-7-5-4-6-8-9/h4-8,10-11H,1-3H3/t10-,11+/m1/s1. The Bertz CT molecular complexity index is 362. The molecule has 2 atom stereocenters. The van der Waals surface area contributed by atoms with E-state index in [0.717, 1.165) is 5.56 Å². The molecule has 0 saturated carbocycles. The molecule has 1 aliphatic rings. The van der Waals surface area contributed by atoms with E-state index in [-0.39, 0.29) is 23.4 Å². The fraction of sp³-hybridized carbons (Fsp3) is 0.462. The van der Waals surface area contributed by atoms with Crippen molar-refractivity contribution >= 4 is 5.78 Å². The molecule has 0 radical (unpaired) electrons. The normalized spacial score (nSPS) is 25.0. The van der Waals surface area contributed by atoms with Gasteiger partial charge in [-0.25, -0.2) is 0 Å². The first kappa shape index (κ1) is 10.4. The van der Waals surface area contributed by atoms with E-state index in [4.69, 9.17) is 4.74 Å². The van der Waals surface area contributed by atoms with Gasteiger partial charge in [0.15, 0.2) is 5.78 Å². The van der Waals surface area contributed by atoms with E-state index in [0.29, 0.717) is 0 Å². The molecule has 0 aromatic heterocycles. The molecular formula is C13H16O2. The highest BCUT2D eigenvalue weighted by Crippen LogP contribution is 2.42. The monoisotopic (exact) mass is 204 g/mol. The first-order valence-electron chi connectivity index (χ1n) is 5.25. The van der Waals surface area contributed by atoms with Gasteiger partial charge in [-0.05, 0) is 5.56 Å². The smallest absolute Gasteiger partial charge is 0.169 e. The number of ketones is 1. The molecule has 1 aliphatic heterocycles. The second kappa shape index (κ2) is 3.46. The summed E-state index contributed by atoms with van der Waals surface area (Å²) in [6.45, 7) is 5.79. The highest BCUT2D eigenvalue weighted by Gasteiger charge is 2.49. The Kier molecular flexibility index (Phi) is 2.39. The molecule has 1 fully saturated rings. The average molecular weight is 204 g/mol. The quantitative estimate of drug-likeness (QED) is 0.693. The van der Waals surface area contributed by atoms with Crippen molar-refractivity contribution in [2.45, 2.75) is 33.0 Å². The molecular weight excluding hydrogens is 188 g/mol. The molecule has 80 valence electrons. The summed E-state index contributed by atoms with van der Waals surface area (Å²) in [5.74, 6) is 0.191. The lowest BCUT2D eigenvalue weighted by Gasteiger charge is -2.14. The zero-order valence-electron chi connectivity index (χ0n) is 9.36. The molecule has 0 aliphatic carbocycles. The van der Waals surface area contributed by atoms with Crippen LogP contribution in [0.15, 0.2) is 30.3 Å². The predicted molar refractivity (Wildman–Crippen MR) is 58.5 cm³/mol. The summed E-state index contributed by atoms with van der Waals surface area (Å²) >= 11 is 0. The molecule has 0 spiro atoms. The van der Waals surface area contributed by atoms with Crippen LogP contribution in [0, 0.1) is 5.41 Å². The number of epoxide rings is 1. The Hall–Kier alpha value is -1.15. The molecule has 15 heavy (non-hydrogen) atoms. The number of carbonyl (C=O) groups is 1. The van der Waals surface area contributed by atoms with Gasteiger partial charge in [-0.15, -0.1) is 0 Å². The molecule has 2 heteroatoms. The number of benzene rings is 1. The molecule has 2 rings (SSSR count). The van der Waals surface area contributed by atoms with Crippen molar-refractivity contribution in [1.29, 1.82) is 0 Å². The van der Waals surface area contributed by atoms with Crippen LogP contribution < -0.4 is 0 Å². The molecule has 0 amide bonds. The number of rotatable bonds is 2. The summed E-state index contributed by atoms with van der Waals surface area (Å²) in [4.78, 5) is 11.9. The topological polar surface area (TPSA) is 29.6 Å².